The second kappa shape index (κ2) is 3.81. The first-order valence-electron chi connectivity index (χ1n) is 5.50. The highest BCUT2D eigenvalue weighted by atomic mass is 15.3. The molecule has 1 aromatic heterocycles. The van der Waals surface area contributed by atoms with E-state index in [1.807, 2.05) is 12.3 Å². The molecule has 1 saturated heterocycles. The molecule has 0 spiro atoms. The van der Waals surface area contributed by atoms with Crippen LogP contribution in [-0.2, 0) is 0 Å². The van der Waals surface area contributed by atoms with E-state index in [0.717, 1.165) is 25.5 Å². The minimum absolute atomic E-state index is 0.183. The van der Waals surface area contributed by atoms with Gasteiger partial charge in [0.2, 0.25) is 0 Å². The molecule has 82 valence electrons. The molecule has 0 radical (unpaired) electrons. The highest BCUT2D eigenvalue weighted by molar-refractivity contribution is 5.46. The molecule has 15 heavy (non-hydrogen) atoms. The fourth-order valence-electron chi connectivity index (χ4n) is 2.13. The summed E-state index contributed by atoms with van der Waals surface area (Å²) in [6.07, 6.45) is 1.87. The first kappa shape index (κ1) is 10.4. The molecule has 1 aliphatic rings. The second-order valence-corrected chi connectivity index (χ2v) is 4.88. The summed E-state index contributed by atoms with van der Waals surface area (Å²) in [4.78, 5) is 6.83. The molecule has 0 unspecified atom stereocenters. The van der Waals surface area contributed by atoms with E-state index in [1.165, 1.54) is 5.56 Å². The van der Waals surface area contributed by atoms with Gasteiger partial charge in [-0.25, -0.2) is 4.98 Å². The van der Waals surface area contributed by atoms with Crippen LogP contribution in [-0.4, -0.2) is 30.2 Å². The molecule has 0 aliphatic carbocycles. The van der Waals surface area contributed by atoms with Crippen molar-refractivity contribution in [3.8, 4) is 0 Å². The van der Waals surface area contributed by atoms with Crippen LogP contribution in [0.1, 0.15) is 19.4 Å². The number of hydrogen-bond donors (Lipinski definition) is 1. The number of anilines is 1. The first-order chi connectivity index (χ1) is 7.08. The quantitative estimate of drug-likeness (QED) is 0.754. The van der Waals surface area contributed by atoms with Gasteiger partial charge < -0.3 is 10.2 Å². The SMILES string of the molecule is Cc1cccnc1N1CCNC(C)(C)C1. The van der Waals surface area contributed by atoms with Gasteiger partial charge in [0, 0.05) is 31.4 Å². The molecule has 0 amide bonds. The molecule has 1 N–H and O–H groups in total. The lowest BCUT2D eigenvalue weighted by molar-refractivity contribution is 0.351. The van der Waals surface area contributed by atoms with E-state index >= 15 is 0 Å². The summed E-state index contributed by atoms with van der Waals surface area (Å²) in [6, 6.07) is 4.11. The average molecular weight is 205 g/mol. The second-order valence-electron chi connectivity index (χ2n) is 4.88. The lowest BCUT2D eigenvalue weighted by Crippen LogP contribution is -2.57. The number of aryl methyl sites for hydroxylation is 1. The molecule has 0 bridgehead atoms. The molecule has 1 aliphatic heterocycles. The summed E-state index contributed by atoms with van der Waals surface area (Å²) in [6.45, 7) is 9.68. The topological polar surface area (TPSA) is 28.2 Å². The minimum Gasteiger partial charge on any atom is -0.353 e. The third-order valence-electron chi connectivity index (χ3n) is 2.85. The van der Waals surface area contributed by atoms with Crippen LogP contribution in [0.5, 0.6) is 0 Å². The van der Waals surface area contributed by atoms with Gasteiger partial charge >= 0.3 is 0 Å². The van der Waals surface area contributed by atoms with E-state index in [2.05, 4.69) is 42.0 Å². The predicted molar refractivity (Wildman–Crippen MR) is 63.3 cm³/mol. The zero-order chi connectivity index (χ0) is 10.9. The largest absolute Gasteiger partial charge is 0.353 e. The van der Waals surface area contributed by atoms with Crippen molar-refractivity contribution >= 4 is 5.82 Å². The fraction of sp³-hybridized carbons (Fsp3) is 0.583. The van der Waals surface area contributed by atoms with E-state index in [-0.39, 0.29) is 5.54 Å². The average Bonchev–Trinajstić information content (AvgIpc) is 2.17. The fourth-order valence-corrected chi connectivity index (χ4v) is 2.13. The van der Waals surface area contributed by atoms with Crippen molar-refractivity contribution < 1.29 is 0 Å². The van der Waals surface area contributed by atoms with Gasteiger partial charge in [-0.05, 0) is 32.4 Å². The number of rotatable bonds is 1. The normalized spacial score (nSPS) is 20.3. The third-order valence-corrected chi connectivity index (χ3v) is 2.85. The van der Waals surface area contributed by atoms with E-state index in [9.17, 15) is 0 Å². The molecule has 3 nitrogen and oxygen atoms in total. The van der Waals surface area contributed by atoms with Gasteiger partial charge in [0.1, 0.15) is 5.82 Å². The van der Waals surface area contributed by atoms with Gasteiger partial charge in [-0.2, -0.15) is 0 Å². The van der Waals surface area contributed by atoms with E-state index in [0.29, 0.717) is 0 Å². The first-order valence-corrected chi connectivity index (χ1v) is 5.50. The maximum atomic E-state index is 4.47. The Morgan fingerprint density at radius 2 is 2.27 bits per heavy atom. The van der Waals surface area contributed by atoms with Crippen molar-refractivity contribution in [2.45, 2.75) is 26.3 Å². The maximum Gasteiger partial charge on any atom is 0.131 e. The number of hydrogen-bond acceptors (Lipinski definition) is 3. The summed E-state index contributed by atoms with van der Waals surface area (Å²) in [5.74, 6) is 1.13. The van der Waals surface area contributed by atoms with E-state index in [1.54, 1.807) is 0 Å². The van der Waals surface area contributed by atoms with Crippen molar-refractivity contribution in [1.82, 2.24) is 10.3 Å². The van der Waals surface area contributed by atoms with Crippen molar-refractivity contribution in [3.05, 3.63) is 23.9 Å². The van der Waals surface area contributed by atoms with Crippen LogP contribution >= 0.6 is 0 Å². The standard InChI is InChI=1S/C12H19N3/c1-10-5-4-6-13-11(10)15-8-7-14-12(2,3)9-15/h4-6,14H,7-9H2,1-3H3. The Labute approximate surface area is 91.5 Å². The van der Waals surface area contributed by atoms with Gasteiger partial charge in [-0.1, -0.05) is 6.07 Å². The number of piperazine rings is 1. The molecule has 0 atom stereocenters. The van der Waals surface area contributed by atoms with Crippen molar-refractivity contribution in [1.29, 1.82) is 0 Å². The molecule has 1 fully saturated rings. The zero-order valence-electron chi connectivity index (χ0n) is 9.75. The molecule has 2 rings (SSSR count). The predicted octanol–water partition coefficient (Wildman–Crippen LogP) is 1.58. The summed E-state index contributed by atoms with van der Waals surface area (Å²) < 4.78 is 0. The van der Waals surface area contributed by atoms with Crippen LogP contribution in [0.3, 0.4) is 0 Å². The van der Waals surface area contributed by atoms with Gasteiger partial charge in [-0.3, -0.25) is 0 Å². The molecule has 1 aromatic rings. The van der Waals surface area contributed by atoms with E-state index in [4.69, 9.17) is 0 Å². The van der Waals surface area contributed by atoms with Gasteiger partial charge in [-0.15, -0.1) is 0 Å². The third kappa shape index (κ3) is 2.29. The van der Waals surface area contributed by atoms with Gasteiger partial charge in [0.15, 0.2) is 0 Å². The molecule has 0 aromatic carbocycles. The van der Waals surface area contributed by atoms with Crippen molar-refractivity contribution in [2.24, 2.45) is 0 Å². The smallest absolute Gasteiger partial charge is 0.131 e. The minimum atomic E-state index is 0.183. The highest BCUT2D eigenvalue weighted by Gasteiger charge is 2.26. The Balaban J connectivity index is 2.21. The zero-order valence-corrected chi connectivity index (χ0v) is 9.75. The number of aromatic nitrogens is 1. The summed E-state index contributed by atoms with van der Waals surface area (Å²) in [7, 11) is 0. The van der Waals surface area contributed by atoms with Crippen LogP contribution in [0.2, 0.25) is 0 Å². The molecular formula is C12H19N3. The Morgan fingerprint density at radius 3 is 2.93 bits per heavy atom. The number of nitrogens with zero attached hydrogens (tertiary/aromatic N) is 2. The molecule has 3 heteroatoms. The summed E-state index contributed by atoms with van der Waals surface area (Å²) in [5.41, 5.74) is 1.44. The Bertz CT molecular complexity index is 346. The summed E-state index contributed by atoms with van der Waals surface area (Å²) in [5, 5.41) is 3.51. The molecular weight excluding hydrogens is 186 g/mol. The van der Waals surface area contributed by atoms with Crippen LogP contribution in [0.4, 0.5) is 5.82 Å². The van der Waals surface area contributed by atoms with E-state index < -0.39 is 0 Å². The summed E-state index contributed by atoms with van der Waals surface area (Å²) >= 11 is 0. The Kier molecular flexibility index (Phi) is 2.65. The number of pyridine rings is 1. The number of nitrogens with one attached hydrogen (secondary N) is 1. The van der Waals surface area contributed by atoms with Gasteiger partial charge in [0.05, 0.1) is 0 Å². The van der Waals surface area contributed by atoms with Gasteiger partial charge in [0.25, 0.3) is 0 Å². The monoisotopic (exact) mass is 205 g/mol. The van der Waals surface area contributed by atoms with Crippen molar-refractivity contribution in [3.63, 3.8) is 0 Å². The highest BCUT2D eigenvalue weighted by Crippen LogP contribution is 2.20. The Morgan fingerprint density at radius 1 is 1.47 bits per heavy atom. The van der Waals surface area contributed by atoms with Crippen molar-refractivity contribution in [2.75, 3.05) is 24.5 Å². The maximum absolute atomic E-state index is 4.47. The van der Waals surface area contributed by atoms with Crippen LogP contribution < -0.4 is 10.2 Å². The van der Waals surface area contributed by atoms with Crippen LogP contribution in [0, 0.1) is 6.92 Å². The molecule has 2 heterocycles. The van der Waals surface area contributed by atoms with Crippen LogP contribution in [0.25, 0.3) is 0 Å². The lowest BCUT2D eigenvalue weighted by atomic mass is 10.0. The Hall–Kier alpha value is -1.09. The lowest BCUT2D eigenvalue weighted by Gasteiger charge is -2.40. The molecule has 0 saturated carbocycles. The van der Waals surface area contributed by atoms with Crippen LogP contribution in [0.15, 0.2) is 18.3 Å².